The van der Waals surface area contributed by atoms with Gasteiger partial charge in [-0.1, -0.05) is 43.7 Å². The number of amides is 1. The molecule has 1 aromatic heterocycles. The van der Waals surface area contributed by atoms with Gasteiger partial charge in [-0.3, -0.25) is 10.2 Å². The Labute approximate surface area is 213 Å². The standard InChI is InChI=1S/C27H27N5O3S/c1-3-4-13-24-30-32-25(28)20(26(33)29-27(32)36-24)16-18-17-31(21-10-6-5-9-19(18)21)14-15-35-23-12-8-7-11-22(23)34-2/h5-12,16-17,28H,3-4,13-15H2,1-2H3/b20-16-,28-25?. The van der Waals surface area contributed by atoms with Crippen LogP contribution in [0.25, 0.3) is 17.0 Å². The summed E-state index contributed by atoms with van der Waals surface area (Å²) in [5.41, 5.74) is 2.09. The predicted molar refractivity (Wildman–Crippen MR) is 145 cm³/mol. The lowest BCUT2D eigenvalue weighted by Crippen LogP contribution is -2.35. The van der Waals surface area contributed by atoms with Crippen LogP contribution in [0.2, 0.25) is 0 Å². The van der Waals surface area contributed by atoms with E-state index in [4.69, 9.17) is 14.9 Å². The maximum Gasteiger partial charge on any atom is 0.283 e. The van der Waals surface area contributed by atoms with E-state index < -0.39 is 5.91 Å². The summed E-state index contributed by atoms with van der Waals surface area (Å²) in [4.78, 5) is 17.1. The van der Waals surface area contributed by atoms with E-state index in [2.05, 4.69) is 21.6 Å². The van der Waals surface area contributed by atoms with Gasteiger partial charge in [-0.2, -0.15) is 15.1 Å². The number of fused-ring (bicyclic) bond motifs is 2. The van der Waals surface area contributed by atoms with Crippen molar-refractivity contribution in [3.05, 3.63) is 65.9 Å². The Kier molecular flexibility index (Phi) is 6.90. The lowest BCUT2D eigenvalue weighted by atomic mass is 10.1. The highest BCUT2D eigenvalue weighted by atomic mass is 32.2. The van der Waals surface area contributed by atoms with Crippen molar-refractivity contribution in [1.82, 2.24) is 9.58 Å². The summed E-state index contributed by atoms with van der Waals surface area (Å²) >= 11 is 1.38. The molecule has 0 radical (unpaired) electrons. The molecule has 36 heavy (non-hydrogen) atoms. The van der Waals surface area contributed by atoms with Crippen molar-refractivity contribution in [3.8, 4) is 11.5 Å². The Hall–Kier alpha value is -3.85. The number of nitrogens with one attached hydrogen (secondary N) is 1. The second kappa shape index (κ2) is 10.4. The number of benzene rings is 2. The number of carbonyl (C=O) groups excluding carboxylic acids is 1. The summed E-state index contributed by atoms with van der Waals surface area (Å²) < 4.78 is 13.4. The van der Waals surface area contributed by atoms with Crippen LogP contribution in [0.1, 0.15) is 31.7 Å². The van der Waals surface area contributed by atoms with Crippen molar-refractivity contribution in [2.75, 3.05) is 13.7 Å². The molecule has 2 aromatic carbocycles. The molecule has 9 heteroatoms. The van der Waals surface area contributed by atoms with E-state index in [9.17, 15) is 4.79 Å². The minimum Gasteiger partial charge on any atom is -0.493 e. The summed E-state index contributed by atoms with van der Waals surface area (Å²) in [5, 5.41) is 17.0. The van der Waals surface area contributed by atoms with Gasteiger partial charge in [0.2, 0.25) is 5.17 Å². The quantitative estimate of drug-likeness (QED) is 0.389. The van der Waals surface area contributed by atoms with Gasteiger partial charge in [0.25, 0.3) is 5.91 Å². The molecule has 5 rings (SSSR count). The first-order valence-electron chi connectivity index (χ1n) is 11.9. The van der Waals surface area contributed by atoms with Crippen LogP contribution < -0.4 is 9.47 Å². The lowest BCUT2D eigenvalue weighted by molar-refractivity contribution is -0.114. The summed E-state index contributed by atoms with van der Waals surface area (Å²) in [6.45, 7) is 3.17. The molecule has 0 saturated heterocycles. The third-order valence-corrected chi connectivity index (χ3v) is 6.99. The van der Waals surface area contributed by atoms with Crippen molar-refractivity contribution in [2.45, 2.75) is 32.7 Å². The summed E-state index contributed by atoms with van der Waals surface area (Å²) in [6, 6.07) is 15.5. The number of amidine groups is 2. The molecule has 3 aromatic rings. The molecule has 2 aliphatic rings. The molecule has 0 aliphatic carbocycles. The number of hydrogen-bond donors (Lipinski definition) is 1. The van der Waals surface area contributed by atoms with Crippen LogP contribution >= 0.6 is 11.8 Å². The molecule has 1 amide bonds. The van der Waals surface area contributed by atoms with E-state index in [1.165, 1.54) is 16.8 Å². The molecule has 0 unspecified atom stereocenters. The van der Waals surface area contributed by atoms with Gasteiger partial charge in [0.15, 0.2) is 17.3 Å². The van der Waals surface area contributed by atoms with E-state index in [0.717, 1.165) is 40.8 Å². The van der Waals surface area contributed by atoms with Gasteiger partial charge in [0.05, 0.1) is 19.2 Å². The van der Waals surface area contributed by atoms with Crippen LogP contribution in [0.3, 0.4) is 0 Å². The van der Waals surface area contributed by atoms with Crippen LogP contribution in [0.5, 0.6) is 11.5 Å². The van der Waals surface area contributed by atoms with E-state index in [1.54, 1.807) is 13.2 Å². The Morgan fingerprint density at radius 1 is 1.11 bits per heavy atom. The third-order valence-electron chi connectivity index (χ3n) is 6.02. The number of nitrogens with zero attached hydrogens (tertiary/aromatic N) is 4. The number of rotatable bonds is 9. The molecule has 184 valence electrons. The van der Waals surface area contributed by atoms with Crippen molar-refractivity contribution < 1.29 is 14.3 Å². The Morgan fingerprint density at radius 3 is 2.69 bits per heavy atom. The van der Waals surface area contributed by atoms with Crippen LogP contribution in [-0.2, 0) is 11.3 Å². The van der Waals surface area contributed by atoms with Gasteiger partial charge in [-0.15, -0.1) is 0 Å². The largest absolute Gasteiger partial charge is 0.493 e. The van der Waals surface area contributed by atoms with Crippen LogP contribution in [0.15, 0.2) is 70.4 Å². The highest BCUT2D eigenvalue weighted by molar-refractivity contribution is 8.26. The Morgan fingerprint density at radius 2 is 1.89 bits per heavy atom. The van der Waals surface area contributed by atoms with Gasteiger partial charge >= 0.3 is 0 Å². The van der Waals surface area contributed by atoms with Crippen molar-refractivity contribution in [1.29, 1.82) is 5.41 Å². The average Bonchev–Trinajstić information content (AvgIpc) is 3.47. The number of thioether (sulfide) groups is 1. The number of unbranched alkanes of at least 4 members (excludes halogenated alkanes) is 1. The molecular formula is C27H27N5O3S. The topological polar surface area (TPSA) is 92.3 Å². The first-order chi connectivity index (χ1) is 17.6. The smallest absolute Gasteiger partial charge is 0.283 e. The summed E-state index contributed by atoms with van der Waals surface area (Å²) in [7, 11) is 1.62. The number of carbonyl (C=O) groups is 1. The molecule has 0 spiro atoms. The maximum absolute atomic E-state index is 12.9. The second-order valence-corrected chi connectivity index (χ2v) is 9.45. The Balaban J connectivity index is 1.40. The number of ether oxygens (including phenoxy) is 2. The zero-order valence-electron chi connectivity index (χ0n) is 20.2. The number of methoxy groups -OCH3 is 1. The van der Waals surface area contributed by atoms with Gasteiger partial charge in [-0.25, -0.2) is 0 Å². The van der Waals surface area contributed by atoms with E-state index in [-0.39, 0.29) is 11.4 Å². The highest BCUT2D eigenvalue weighted by Crippen LogP contribution is 2.31. The fourth-order valence-electron chi connectivity index (χ4n) is 4.18. The van der Waals surface area contributed by atoms with Crippen LogP contribution in [0.4, 0.5) is 0 Å². The van der Waals surface area contributed by atoms with Crippen molar-refractivity contribution in [2.24, 2.45) is 10.1 Å². The number of para-hydroxylation sites is 3. The first-order valence-corrected chi connectivity index (χ1v) is 12.7. The molecule has 0 bridgehead atoms. The van der Waals surface area contributed by atoms with E-state index >= 15 is 0 Å². The molecule has 0 fully saturated rings. The number of hydrazone groups is 1. The molecule has 8 nitrogen and oxygen atoms in total. The highest BCUT2D eigenvalue weighted by Gasteiger charge is 2.35. The van der Waals surface area contributed by atoms with Gasteiger partial charge < -0.3 is 14.0 Å². The predicted octanol–water partition coefficient (Wildman–Crippen LogP) is 5.54. The van der Waals surface area contributed by atoms with Gasteiger partial charge in [-0.05, 0) is 48.9 Å². The molecule has 0 atom stereocenters. The second-order valence-electron chi connectivity index (χ2n) is 8.41. The van der Waals surface area contributed by atoms with Gasteiger partial charge in [0, 0.05) is 22.7 Å². The normalized spacial score (nSPS) is 16.4. The molecule has 1 N–H and O–H groups in total. The summed E-state index contributed by atoms with van der Waals surface area (Å²) in [5.74, 6) is 1.02. The molecule has 2 aliphatic heterocycles. The number of hydrogen-bond acceptors (Lipinski definition) is 6. The fraction of sp³-hybridized carbons (Fsp3) is 0.259. The maximum atomic E-state index is 12.9. The number of aromatic nitrogens is 1. The average molecular weight is 502 g/mol. The summed E-state index contributed by atoms with van der Waals surface area (Å²) in [6.07, 6.45) is 6.62. The molecule has 3 heterocycles. The lowest BCUT2D eigenvalue weighted by Gasteiger charge is -2.20. The minimum absolute atomic E-state index is 0.0559. The van der Waals surface area contributed by atoms with Crippen LogP contribution in [-0.4, -0.2) is 45.2 Å². The zero-order chi connectivity index (χ0) is 25.1. The fourth-order valence-corrected chi connectivity index (χ4v) is 5.11. The van der Waals surface area contributed by atoms with Crippen LogP contribution in [0, 0.1) is 5.41 Å². The first kappa shape index (κ1) is 23.9. The van der Waals surface area contributed by atoms with E-state index in [1.807, 2.05) is 54.7 Å². The minimum atomic E-state index is -0.415. The van der Waals surface area contributed by atoms with E-state index in [0.29, 0.717) is 29.8 Å². The molecular weight excluding hydrogens is 474 g/mol. The number of aliphatic imine (C=N–C) groups is 1. The Bertz CT molecular complexity index is 1420. The monoisotopic (exact) mass is 501 g/mol. The molecule has 0 saturated carbocycles. The van der Waals surface area contributed by atoms with Crippen molar-refractivity contribution >= 4 is 50.7 Å². The third kappa shape index (κ3) is 4.66. The van der Waals surface area contributed by atoms with Crippen molar-refractivity contribution in [3.63, 3.8) is 0 Å². The SMILES string of the molecule is CCCCC1=NN2C(=N)/C(=C/c3cn(CCOc4ccccc4OC)c4ccccc34)C(=O)N=C2S1. The van der Waals surface area contributed by atoms with Gasteiger partial charge in [0.1, 0.15) is 11.7 Å². The zero-order valence-corrected chi connectivity index (χ0v) is 21.0.